The standard InChI is InChI=1S/C13H17N3O2/c1-4-13(3,12(17)18)8-16-11-10(7-14)9(2)5-6-15-11/h5-6H,4,8H2,1-3H3,(H,15,16)(H,17,18). The van der Waals surface area contributed by atoms with Gasteiger partial charge in [-0.25, -0.2) is 4.98 Å². The van der Waals surface area contributed by atoms with Crippen LogP contribution in [0.3, 0.4) is 0 Å². The van der Waals surface area contributed by atoms with Gasteiger partial charge < -0.3 is 10.4 Å². The summed E-state index contributed by atoms with van der Waals surface area (Å²) in [5.41, 5.74) is 0.419. The van der Waals surface area contributed by atoms with Gasteiger partial charge in [-0.05, 0) is 31.9 Å². The van der Waals surface area contributed by atoms with Gasteiger partial charge in [0.15, 0.2) is 0 Å². The lowest BCUT2D eigenvalue weighted by molar-refractivity contribution is -0.147. The lowest BCUT2D eigenvalue weighted by Gasteiger charge is -2.23. The summed E-state index contributed by atoms with van der Waals surface area (Å²) >= 11 is 0. The zero-order valence-electron chi connectivity index (χ0n) is 10.8. The Morgan fingerprint density at radius 2 is 2.33 bits per heavy atom. The van der Waals surface area contributed by atoms with Crippen molar-refractivity contribution in [1.82, 2.24) is 4.98 Å². The number of anilines is 1. The van der Waals surface area contributed by atoms with E-state index >= 15 is 0 Å². The summed E-state index contributed by atoms with van der Waals surface area (Å²) in [4.78, 5) is 15.3. The minimum absolute atomic E-state index is 0.240. The van der Waals surface area contributed by atoms with Crippen molar-refractivity contribution in [2.24, 2.45) is 5.41 Å². The van der Waals surface area contributed by atoms with Gasteiger partial charge in [-0.3, -0.25) is 4.79 Å². The monoisotopic (exact) mass is 247 g/mol. The maximum Gasteiger partial charge on any atom is 0.311 e. The molecule has 0 aliphatic carbocycles. The number of nitriles is 1. The van der Waals surface area contributed by atoms with Crippen LogP contribution in [0, 0.1) is 23.7 Å². The number of carboxylic acids is 1. The Hall–Kier alpha value is -2.09. The van der Waals surface area contributed by atoms with Gasteiger partial charge in [-0.15, -0.1) is 0 Å². The first kappa shape index (κ1) is 14.0. The Kier molecular flexibility index (Phi) is 4.27. The summed E-state index contributed by atoms with van der Waals surface area (Å²) in [5.74, 6) is -0.415. The highest BCUT2D eigenvalue weighted by Crippen LogP contribution is 2.23. The van der Waals surface area contributed by atoms with Gasteiger partial charge in [0.05, 0.1) is 11.0 Å². The summed E-state index contributed by atoms with van der Waals surface area (Å²) in [7, 11) is 0. The quantitative estimate of drug-likeness (QED) is 0.832. The molecule has 0 aromatic carbocycles. The van der Waals surface area contributed by atoms with E-state index in [9.17, 15) is 4.79 Å². The number of rotatable bonds is 5. The van der Waals surface area contributed by atoms with Gasteiger partial charge in [0.1, 0.15) is 11.9 Å². The van der Waals surface area contributed by atoms with Crippen LogP contribution in [0.2, 0.25) is 0 Å². The molecular weight excluding hydrogens is 230 g/mol. The van der Waals surface area contributed by atoms with Gasteiger partial charge in [0, 0.05) is 12.7 Å². The summed E-state index contributed by atoms with van der Waals surface area (Å²) in [6, 6.07) is 3.82. The van der Waals surface area contributed by atoms with Crippen molar-refractivity contribution in [3.8, 4) is 6.07 Å². The molecule has 1 unspecified atom stereocenters. The van der Waals surface area contributed by atoms with E-state index in [1.807, 2.05) is 13.8 Å². The number of carbonyl (C=O) groups is 1. The molecule has 1 heterocycles. The number of carboxylic acid groups (broad SMARTS) is 1. The number of aryl methyl sites for hydroxylation is 1. The van der Waals surface area contributed by atoms with Gasteiger partial charge >= 0.3 is 5.97 Å². The molecule has 1 aromatic heterocycles. The first-order valence-corrected chi connectivity index (χ1v) is 5.77. The molecule has 0 amide bonds. The van der Waals surface area contributed by atoms with Crippen LogP contribution in [-0.4, -0.2) is 22.6 Å². The van der Waals surface area contributed by atoms with Crippen molar-refractivity contribution in [2.45, 2.75) is 27.2 Å². The number of nitrogens with zero attached hydrogens (tertiary/aromatic N) is 2. The molecule has 2 N–H and O–H groups in total. The van der Waals surface area contributed by atoms with Crippen molar-refractivity contribution in [3.63, 3.8) is 0 Å². The molecule has 1 aromatic rings. The zero-order chi connectivity index (χ0) is 13.8. The fourth-order valence-corrected chi connectivity index (χ4v) is 1.46. The molecule has 1 rings (SSSR count). The van der Waals surface area contributed by atoms with E-state index < -0.39 is 11.4 Å². The van der Waals surface area contributed by atoms with E-state index in [2.05, 4.69) is 16.4 Å². The minimum Gasteiger partial charge on any atom is -0.481 e. The van der Waals surface area contributed by atoms with Crippen LogP contribution in [-0.2, 0) is 4.79 Å². The Bertz CT molecular complexity index is 493. The summed E-state index contributed by atoms with van der Waals surface area (Å²) < 4.78 is 0. The van der Waals surface area contributed by atoms with E-state index in [1.165, 1.54) is 0 Å². The molecule has 0 bridgehead atoms. The number of hydrogen-bond acceptors (Lipinski definition) is 4. The third-order valence-electron chi connectivity index (χ3n) is 3.21. The van der Waals surface area contributed by atoms with Gasteiger partial charge in [-0.2, -0.15) is 5.26 Å². The van der Waals surface area contributed by atoms with E-state index in [1.54, 1.807) is 19.2 Å². The maximum absolute atomic E-state index is 11.2. The molecule has 0 fully saturated rings. The first-order chi connectivity index (χ1) is 8.44. The van der Waals surface area contributed by atoms with Crippen molar-refractivity contribution in [3.05, 3.63) is 23.4 Å². The van der Waals surface area contributed by atoms with Crippen LogP contribution in [0.5, 0.6) is 0 Å². The molecule has 1 atom stereocenters. The molecule has 0 radical (unpaired) electrons. The van der Waals surface area contributed by atoms with Crippen LogP contribution >= 0.6 is 0 Å². The highest BCUT2D eigenvalue weighted by molar-refractivity contribution is 5.75. The van der Waals surface area contributed by atoms with Crippen molar-refractivity contribution in [2.75, 3.05) is 11.9 Å². The number of nitrogens with one attached hydrogen (secondary N) is 1. The SMILES string of the molecule is CCC(C)(CNc1nccc(C)c1C#N)C(=O)O. The van der Waals surface area contributed by atoms with Crippen molar-refractivity contribution in [1.29, 1.82) is 5.26 Å². The molecule has 5 nitrogen and oxygen atoms in total. The van der Waals surface area contributed by atoms with E-state index in [0.717, 1.165) is 5.56 Å². The predicted octanol–water partition coefficient (Wildman–Crippen LogP) is 2.17. The fourth-order valence-electron chi connectivity index (χ4n) is 1.46. The van der Waals surface area contributed by atoms with Gasteiger partial charge in [0.2, 0.25) is 0 Å². The van der Waals surface area contributed by atoms with Gasteiger partial charge in [0.25, 0.3) is 0 Å². The second-order valence-corrected chi connectivity index (χ2v) is 4.54. The molecule has 0 aliphatic rings. The lowest BCUT2D eigenvalue weighted by Crippen LogP contribution is -2.34. The Labute approximate surface area is 106 Å². The molecular formula is C13H17N3O2. The average Bonchev–Trinajstić information content (AvgIpc) is 2.35. The second kappa shape index (κ2) is 5.50. The Morgan fingerprint density at radius 3 is 2.83 bits per heavy atom. The smallest absolute Gasteiger partial charge is 0.311 e. The Balaban J connectivity index is 2.91. The third kappa shape index (κ3) is 2.77. The zero-order valence-corrected chi connectivity index (χ0v) is 10.8. The molecule has 0 spiro atoms. The van der Waals surface area contributed by atoms with Crippen LogP contribution in [0.1, 0.15) is 31.4 Å². The van der Waals surface area contributed by atoms with Crippen LogP contribution in [0.4, 0.5) is 5.82 Å². The number of aromatic nitrogens is 1. The van der Waals surface area contributed by atoms with E-state index in [4.69, 9.17) is 10.4 Å². The molecule has 0 saturated heterocycles. The predicted molar refractivity (Wildman–Crippen MR) is 68.2 cm³/mol. The van der Waals surface area contributed by atoms with Crippen molar-refractivity contribution >= 4 is 11.8 Å². The number of pyridine rings is 1. The fraction of sp³-hybridized carbons (Fsp3) is 0.462. The van der Waals surface area contributed by atoms with Crippen molar-refractivity contribution < 1.29 is 9.90 Å². The van der Waals surface area contributed by atoms with Crippen LogP contribution in [0.25, 0.3) is 0 Å². The largest absolute Gasteiger partial charge is 0.481 e. The maximum atomic E-state index is 11.2. The molecule has 18 heavy (non-hydrogen) atoms. The minimum atomic E-state index is -0.863. The number of aliphatic carboxylic acids is 1. The average molecular weight is 247 g/mol. The van der Waals surface area contributed by atoms with Crippen LogP contribution < -0.4 is 5.32 Å². The third-order valence-corrected chi connectivity index (χ3v) is 3.21. The number of hydrogen-bond donors (Lipinski definition) is 2. The first-order valence-electron chi connectivity index (χ1n) is 5.77. The summed E-state index contributed by atoms with van der Waals surface area (Å²) in [6.07, 6.45) is 2.10. The molecule has 5 heteroatoms. The highest BCUT2D eigenvalue weighted by atomic mass is 16.4. The second-order valence-electron chi connectivity index (χ2n) is 4.54. The summed E-state index contributed by atoms with van der Waals surface area (Å²) in [6.45, 7) is 5.56. The van der Waals surface area contributed by atoms with Crippen LogP contribution in [0.15, 0.2) is 12.3 Å². The molecule has 0 aliphatic heterocycles. The topological polar surface area (TPSA) is 86.0 Å². The molecule has 0 saturated carbocycles. The molecule has 96 valence electrons. The summed E-state index contributed by atoms with van der Waals surface area (Å²) in [5, 5.41) is 21.2. The van der Waals surface area contributed by atoms with E-state index in [-0.39, 0.29) is 6.54 Å². The normalized spacial score (nSPS) is 13.4. The highest BCUT2D eigenvalue weighted by Gasteiger charge is 2.31. The van der Waals surface area contributed by atoms with E-state index in [0.29, 0.717) is 17.8 Å². The van der Waals surface area contributed by atoms with Gasteiger partial charge in [-0.1, -0.05) is 6.92 Å². The Morgan fingerprint density at radius 1 is 1.67 bits per heavy atom. The lowest BCUT2D eigenvalue weighted by atomic mass is 9.87.